The van der Waals surface area contributed by atoms with Gasteiger partial charge in [0.05, 0.1) is 11.6 Å². The molecule has 1 N–H and O–H groups in total. The largest absolute Gasteiger partial charge is 0.369 e. The minimum Gasteiger partial charge on any atom is -0.369 e. The van der Waals surface area contributed by atoms with Crippen LogP contribution in [-0.2, 0) is 12.5 Å². The van der Waals surface area contributed by atoms with E-state index in [1.165, 1.54) is 26.2 Å². The number of hydrogen-bond acceptors (Lipinski definition) is 6. The number of aryl methyl sites for hydroxylation is 1. The number of nitrogens with zero attached hydrogens (tertiary/aromatic N) is 6. The molecule has 1 aliphatic heterocycles. The number of nitrogens with one attached hydrogen (secondary N) is 1. The first kappa shape index (κ1) is 18.1. The van der Waals surface area contributed by atoms with Gasteiger partial charge >= 0.3 is 0 Å². The van der Waals surface area contributed by atoms with Crippen LogP contribution in [-0.4, -0.2) is 75.9 Å². The van der Waals surface area contributed by atoms with Crippen LogP contribution in [0.5, 0.6) is 0 Å². The molecule has 0 spiro atoms. The summed E-state index contributed by atoms with van der Waals surface area (Å²) in [6.07, 6.45) is 2.96. The zero-order valence-electron chi connectivity index (χ0n) is 16.2. The van der Waals surface area contributed by atoms with Gasteiger partial charge in [0, 0.05) is 45.2 Å². The molecule has 0 saturated carbocycles. The molecule has 0 amide bonds. The number of fused-ring (bicyclic) bond motifs is 1. The Balaban J connectivity index is 1.64. The molecule has 3 rings (SSSR count). The molecule has 0 unspecified atom stereocenters. The Kier molecular flexibility index (Phi) is 5.24. The molecule has 0 aromatic carbocycles. The van der Waals surface area contributed by atoms with Crippen LogP contribution in [0, 0.1) is 0 Å². The molecule has 0 atom stereocenters. The van der Waals surface area contributed by atoms with Gasteiger partial charge in [-0.25, -0.2) is 9.97 Å². The first-order chi connectivity index (χ1) is 11.8. The summed E-state index contributed by atoms with van der Waals surface area (Å²) in [4.78, 5) is 14.4. The van der Waals surface area contributed by atoms with Crippen molar-refractivity contribution in [2.75, 3.05) is 51.6 Å². The van der Waals surface area contributed by atoms with E-state index in [0.717, 1.165) is 42.2 Å². The van der Waals surface area contributed by atoms with E-state index in [1.807, 2.05) is 17.9 Å². The van der Waals surface area contributed by atoms with Crippen molar-refractivity contribution in [1.82, 2.24) is 29.5 Å². The molecule has 1 aliphatic rings. The van der Waals surface area contributed by atoms with Crippen molar-refractivity contribution in [3.63, 3.8) is 0 Å². The molecule has 1 fully saturated rings. The lowest BCUT2D eigenvalue weighted by atomic mass is 9.95. The Morgan fingerprint density at radius 3 is 2.48 bits per heavy atom. The van der Waals surface area contributed by atoms with E-state index in [2.05, 4.69) is 48.0 Å². The van der Waals surface area contributed by atoms with Gasteiger partial charge in [0.1, 0.15) is 11.6 Å². The first-order valence-electron chi connectivity index (χ1n) is 9.19. The molecule has 0 aliphatic carbocycles. The maximum Gasteiger partial charge on any atom is 0.163 e. The van der Waals surface area contributed by atoms with Gasteiger partial charge in [-0.15, -0.1) is 0 Å². The topological polar surface area (TPSA) is 62.1 Å². The van der Waals surface area contributed by atoms with Gasteiger partial charge in [-0.1, -0.05) is 20.8 Å². The highest BCUT2D eigenvalue weighted by Crippen LogP contribution is 2.25. The summed E-state index contributed by atoms with van der Waals surface area (Å²) < 4.78 is 1.82. The standard InChI is InChI=1S/C18H31N7/c1-18(2,3)17-21-15(14-13-20-24(5)16(14)22-17)19-7-6-8-25-11-9-23(4)10-12-25/h13H,6-12H2,1-5H3,(H,19,21,22). The first-order valence-corrected chi connectivity index (χ1v) is 9.19. The molecular formula is C18H31N7. The Labute approximate surface area is 150 Å². The fourth-order valence-electron chi connectivity index (χ4n) is 3.07. The number of piperazine rings is 1. The van der Waals surface area contributed by atoms with Crippen molar-refractivity contribution in [3.8, 4) is 0 Å². The third-order valence-electron chi connectivity index (χ3n) is 4.80. The van der Waals surface area contributed by atoms with Gasteiger partial charge in [0.25, 0.3) is 0 Å². The van der Waals surface area contributed by atoms with Gasteiger partial charge in [-0.2, -0.15) is 5.10 Å². The normalized spacial score (nSPS) is 17.3. The highest BCUT2D eigenvalue weighted by atomic mass is 15.3. The molecule has 0 radical (unpaired) electrons. The van der Waals surface area contributed by atoms with Gasteiger partial charge in [-0.3, -0.25) is 4.68 Å². The summed E-state index contributed by atoms with van der Waals surface area (Å²) in [5.41, 5.74) is 0.802. The number of hydrogen-bond donors (Lipinski definition) is 1. The molecular weight excluding hydrogens is 314 g/mol. The average molecular weight is 345 g/mol. The van der Waals surface area contributed by atoms with Gasteiger partial charge in [-0.05, 0) is 20.0 Å². The SMILES string of the molecule is CN1CCN(CCCNc2nc(C(C)(C)C)nc3c2cnn3C)CC1. The molecule has 2 aromatic rings. The lowest BCUT2D eigenvalue weighted by Crippen LogP contribution is -2.44. The molecule has 2 aromatic heterocycles. The number of likely N-dealkylation sites (N-methyl/N-ethyl adjacent to an activating group) is 1. The van der Waals surface area contributed by atoms with E-state index in [4.69, 9.17) is 9.97 Å². The number of rotatable bonds is 5. The van der Waals surface area contributed by atoms with E-state index in [0.29, 0.717) is 0 Å². The monoisotopic (exact) mass is 345 g/mol. The van der Waals surface area contributed by atoms with Crippen LogP contribution in [0.3, 0.4) is 0 Å². The highest BCUT2D eigenvalue weighted by molar-refractivity contribution is 5.86. The van der Waals surface area contributed by atoms with Gasteiger partial charge in [0.15, 0.2) is 5.65 Å². The minimum absolute atomic E-state index is 0.0886. The van der Waals surface area contributed by atoms with Gasteiger partial charge in [0.2, 0.25) is 0 Å². The fraction of sp³-hybridized carbons (Fsp3) is 0.722. The Morgan fingerprint density at radius 1 is 1.08 bits per heavy atom. The Morgan fingerprint density at radius 2 is 1.80 bits per heavy atom. The molecule has 1 saturated heterocycles. The van der Waals surface area contributed by atoms with E-state index in [9.17, 15) is 0 Å². The maximum absolute atomic E-state index is 4.78. The summed E-state index contributed by atoms with van der Waals surface area (Å²) >= 11 is 0. The van der Waals surface area contributed by atoms with Crippen LogP contribution in [0.15, 0.2) is 6.20 Å². The van der Waals surface area contributed by atoms with Crippen LogP contribution in [0.1, 0.15) is 33.0 Å². The van der Waals surface area contributed by atoms with Crippen LogP contribution in [0.2, 0.25) is 0 Å². The second-order valence-corrected chi connectivity index (χ2v) is 8.08. The summed E-state index contributed by atoms with van der Waals surface area (Å²) in [5.74, 6) is 1.76. The molecule has 25 heavy (non-hydrogen) atoms. The number of anilines is 1. The third-order valence-corrected chi connectivity index (χ3v) is 4.80. The van der Waals surface area contributed by atoms with E-state index >= 15 is 0 Å². The van der Waals surface area contributed by atoms with Crippen LogP contribution in [0.25, 0.3) is 11.0 Å². The van der Waals surface area contributed by atoms with Crippen molar-refractivity contribution in [1.29, 1.82) is 0 Å². The predicted molar refractivity (Wildman–Crippen MR) is 102 cm³/mol. The zero-order valence-corrected chi connectivity index (χ0v) is 16.2. The van der Waals surface area contributed by atoms with Crippen molar-refractivity contribution < 1.29 is 0 Å². The summed E-state index contributed by atoms with van der Waals surface area (Å²) in [6.45, 7) is 13.2. The minimum atomic E-state index is -0.0886. The maximum atomic E-state index is 4.78. The summed E-state index contributed by atoms with van der Waals surface area (Å²) in [7, 11) is 4.12. The Hall–Kier alpha value is -1.73. The molecule has 3 heterocycles. The third kappa shape index (κ3) is 4.27. The quantitative estimate of drug-likeness (QED) is 0.833. The predicted octanol–water partition coefficient (Wildman–Crippen LogP) is 1.71. The molecule has 0 bridgehead atoms. The molecule has 7 nitrogen and oxygen atoms in total. The van der Waals surface area contributed by atoms with Crippen molar-refractivity contribution in [2.24, 2.45) is 7.05 Å². The summed E-state index contributed by atoms with van der Waals surface area (Å²) in [6, 6.07) is 0. The van der Waals surface area contributed by atoms with E-state index in [-0.39, 0.29) is 5.41 Å². The summed E-state index contributed by atoms with van der Waals surface area (Å²) in [5, 5.41) is 8.87. The Bertz CT molecular complexity index is 708. The smallest absolute Gasteiger partial charge is 0.163 e. The lowest BCUT2D eigenvalue weighted by molar-refractivity contribution is 0.154. The number of aromatic nitrogens is 4. The highest BCUT2D eigenvalue weighted by Gasteiger charge is 2.21. The fourth-order valence-corrected chi connectivity index (χ4v) is 3.07. The van der Waals surface area contributed by atoms with Crippen molar-refractivity contribution in [3.05, 3.63) is 12.0 Å². The van der Waals surface area contributed by atoms with Crippen LogP contribution < -0.4 is 5.32 Å². The lowest BCUT2D eigenvalue weighted by Gasteiger charge is -2.32. The average Bonchev–Trinajstić information content (AvgIpc) is 2.94. The van der Waals surface area contributed by atoms with E-state index < -0.39 is 0 Å². The van der Waals surface area contributed by atoms with Crippen molar-refractivity contribution in [2.45, 2.75) is 32.6 Å². The second-order valence-electron chi connectivity index (χ2n) is 8.08. The molecule has 138 valence electrons. The van der Waals surface area contributed by atoms with Crippen molar-refractivity contribution >= 4 is 16.9 Å². The van der Waals surface area contributed by atoms with E-state index in [1.54, 1.807) is 0 Å². The molecule has 7 heteroatoms. The van der Waals surface area contributed by atoms with Gasteiger partial charge < -0.3 is 15.1 Å². The van der Waals surface area contributed by atoms with Crippen LogP contribution >= 0.6 is 0 Å². The zero-order chi connectivity index (χ0) is 18.0. The van der Waals surface area contributed by atoms with Crippen LogP contribution in [0.4, 0.5) is 5.82 Å². The second kappa shape index (κ2) is 7.25.